The highest BCUT2D eigenvalue weighted by Gasteiger charge is 2.32. The van der Waals surface area contributed by atoms with Gasteiger partial charge in [-0.1, -0.05) is 23.8 Å². The van der Waals surface area contributed by atoms with Crippen molar-refractivity contribution in [2.45, 2.75) is 53.0 Å². The molecule has 2 unspecified atom stereocenters. The van der Waals surface area contributed by atoms with Gasteiger partial charge in [0.25, 0.3) is 5.91 Å². The first kappa shape index (κ1) is 19.0. The highest BCUT2D eigenvalue weighted by Crippen LogP contribution is 2.23. The fourth-order valence-electron chi connectivity index (χ4n) is 3.30. The first-order valence-corrected chi connectivity index (χ1v) is 8.60. The molecule has 1 aromatic rings. The van der Waals surface area contributed by atoms with E-state index in [2.05, 4.69) is 5.48 Å². The molecule has 6 nitrogen and oxygen atoms in total. The number of amides is 2. The lowest BCUT2D eigenvalue weighted by Gasteiger charge is -2.35. The largest absolute Gasteiger partial charge is 0.340 e. The third-order valence-electron chi connectivity index (χ3n) is 4.73. The third-order valence-corrected chi connectivity index (χ3v) is 4.73. The quantitative estimate of drug-likeness (QED) is 0.850. The molecule has 0 saturated carbocycles. The molecule has 136 valence electrons. The van der Waals surface area contributed by atoms with E-state index in [0.717, 1.165) is 16.7 Å². The zero-order chi connectivity index (χ0) is 18.6. The van der Waals surface area contributed by atoms with Crippen molar-refractivity contribution in [3.8, 4) is 0 Å². The van der Waals surface area contributed by atoms with E-state index in [1.54, 1.807) is 4.90 Å². The Labute approximate surface area is 148 Å². The molecule has 0 bridgehead atoms. The lowest BCUT2D eigenvalue weighted by molar-refractivity contribution is -0.164. The Balaban J connectivity index is 1.81. The van der Waals surface area contributed by atoms with Crippen LogP contribution in [0.4, 0.5) is 0 Å². The van der Waals surface area contributed by atoms with Crippen molar-refractivity contribution in [3.05, 3.63) is 34.9 Å². The number of carbonyl (C=O) groups is 3. The summed E-state index contributed by atoms with van der Waals surface area (Å²) in [5.74, 6) is -1.08. The van der Waals surface area contributed by atoms with E-state index in [-0.39, 0.29) is 30.2 Å². The van der Waals surface area contributed by atoms with Crippen LogP contribution in [0.1, 0.15) is 43.4 Å². The first-order valence-electron chi connectivity index (χ1n) is 8.60. The third kappa shape index (κ3) is 5.05. The maximum absolute atomic E-state index is 12.1. The van der Waals surface area contributed by atoms with E-state index in [4.69, 9.17) is 4.84 Å². The summed E-state index contributed by atoms with van der Waals surface area (Å²) in [5, 5.41) is 0. The van der Waals surface area contributed by atoms with Gasteiger partial charge in [-0.3, -0.25) is 9.59 Å². The van der Waals surface area contributed by atoms with Gasteiger partial charge < -0.3 is 9.74 Å². The number of benzene rings is 1. The number of hydroxylamine groups is 1. The smallest absolute Gasteiger partial charge is 0.335 e. The summed E-state index contributed by atoms with van der Waals surface area (Å²) >= 11 is 0. The number of carbonyl (C=O) groups excluding carboxylic acids is 3. The van der Waals surface area contributed by atoms with Crippen molar-refractivity contribution in [1.29, 1.82) is 0 Å². The van der Waals surface area contributed by atoms with Crippen molar-refractivity contribution in [3.63, 3.8) is 0 Å². The topological polar surface area (TPSA) is 75.7 Å². The zero-order valence-corrected chi connectivity index (χ0v) is 15.3. The molecule has 1 fully saturated rings. The Bertz CT molecular complexity index is 671. The minimum absolute atomic E-state index is 0.00490. The van der Waals surface area contributed by atoms with Crippen LogP contribution in [0.25, 0.3) is 0 Å². The van der Waals surface area contributed by atoms with Gasteiger partial charge >= 0.3 is 5.97 Å². The van der Waals surface area contributed by atoms with E-state index in [1.165, 1.54) is 6.92 Å². The van der Waals surface area contributed by atoms with Crippen molar-refractivity contribution in [2.24, 2.45) is 5.92 Å². The highest BCUT2D eigenvalue weighted by atomic mass is 16.7. The molecule has 0 aliphatic carbocycles. The van der Waals surface area contributed by atoms with Gasteiger partial charge in [-0.05, 0) is 44.7 Å². The van der Waals surface area contributed by atoms with E-state index >= 15 is 0 Å². The number of nitrogens with zero attached hydrogens (tertiary/aromatic N) is 1. The Morgan fingerprint density at radius 3 is 2.60 bits per heavy atom. The minimum atomic E-state index is -0.441. The predicted molar refractivity (Wildman–Crippen MR) is 93.4 cm³/mol. The molecule has 0 spiro atoms. The van der Waals surface area contributed by atoms with Crippen LogP contribution in [-0.4, -0.2) is 35.3 Å². The van der Waals surface area contributed by atoms with Crippen LogP contribution in [0.3, 0.4) is 0 Å². The van der Waals surface area contributed by atoms with Gasteiger partial charge in [0.05, 0.1) is 12.3 Å². The number of aryl methyl sites for hydroxylation is 2. The lowest BCUT2D eigenvalue weighted by atomic mass is 9.92. The molecule has 2 atom stereocenters. The highest BCUT2D eigenvalue weighted by molar-refractivity contribution is 5.81. The van der Waals surface area contributed by atoms with Crippen molar-refractivity contribution in [2.75, 3.05) is 6.54 Å². The van der Waals surface area contributed by atoms with Gasteiger partial charge in [0.1, 0.15) is 0 Å². The molecule has 25 heavy (non-hydrogen) atoms. The summed E-state index contributed by atoms with van der Waals surface area (Å²) < 4.78 is 0. The summed E-state index contributed by atoms with van der Waals surface area (Å²) in [5.41, 5.74) is 5.33. The van der Waals surface area contributed by atoms with E-state index < -0.39 is 5.97 Å². The fourth-order valence-corrected chi connectivity index (χ4v) is 3.30. The van der Waals surface area contributed by atoms with E-state index in [9.17, 15) is 14.4 Å². The second kappa shape index (κ2) is 8.14. The Kier molecular flexibility index (Phi) is 6.17. The maximum atomic E-state index is 12.1. The molecular weight excluding hydrogens is 320 g/mol. The summed E-state index contributed by atoms with van der Waals surface area (Å²) in [6.07, 6.45) is 1.26. The number of piperidine rings is 1. The number of hydrogen-bond acceptors (Lipinski definition) is 4. The monoisotopic (exact) mass is 346 g/mol. The van der Waals surface area contributed by atoms with Crippen LogP contribution in [0.15, 0.2) is 18.2 Å². The van der Waals surface area contributed by atoms with Gasteiger partial charge in [-0.2, -0.15) is 5.48 Å². The van der Waals surface area contributed by atoms with Crippen molar-refractivity contribution >= 4 is 17.8 Å². The molecule has 1 N–H and O–H groups in total. The van der Waals surface area contributed by atoms with Gasteiger partial charge in [0, 0.05) is 19.5 Å². The number of nitrogens with one attached hydrogen (secondary N) is 1. The molecule has 1 aromatic carbocycles. The molecule has 0 radical (unpaired) electrons. The maximum Gasteiger partial charge on any atom is 0.335 e. The Hall–Kier alpha value is -2.37. The predicted octanol–water partition coefficient (Wildman–Crippen LogP) is 2.07. The molecular formula is C19H26N2O4. The molecule has 1 saturated heterocycles. The van der Waals surface area contributed by atoms with Crippen LogP contribution in [0.2, 0.25) is 0 Å². The molecule has 2 amide bonds. The standard InChI is InChI=1S/C19H26N2O4/c1-12-5-6-16(13(2)9-12)11-18(23)20-25-19(24)17-7-8-21(15(4)22)14(3)10-17/h5-6,9,14,17H,7-8,10-11H2,1-4H3,(H,20,23). The summed E-state index contributed by atoms with van der Waals surface area (Å²) in [4.78, 5) is 42.4. The van der Waals surface area contributed by atoms with E-state index in [1.807, 2.05) is 39.0 Å². The van der Waals surface area contributed by atoms with Crippen LogP contribution in [0.5, 0.6) is 0 Å². The van der Waals surface area contributed by atoms with Gasteiger partial charge in [0.15, 0.2) is 0 Å². The van der Waals surface area contributed by atoms with Crippen LogP contribution < -0.4 is 5.48 Å². The minimum Gasteiger partial charge on any atom is -0.340 e. The second-order valence-corrected chi connectivity index (χ2v) is 6.84. The average Bonchev–Trinajstić information content (AvgIpc) is 2.54. The molecule has 6 heteroatoms. The second-order valence-electron chi connectivity index (χ2n) is 6.84. The Morgan fingerprint density at radius 2 is 2.00 bits per heavy atom. The van der Waals surface area contributed by atoms with Gasteiger partial charge in [0.2, 0.25) is 5.91 Å². The van der Waals surface area contributed by atoms with Crippen molar-refractivity contribution < 1.29 is 19.2 Å². The number of rotatable bonds is 3. The zero-order valence-electron chi connectivity index (χ0n) is 15.3. The first-order chi connectivity index (χ1) is 11.8. The lowest BCUT2D eigenvalue weighted by Crippen LogP contribution is -2.46. The van der Waals surface area contributed by atoms with Crippen LogP contribution >= 0.6 is 0 Å². The summed E-state index contributed by atoms with van der Waals surface area (Å²) in [7, 11) is 0. The average molecular weight is 346 g/mol. The molecule has 0 aromatic heterocycles. The molecule has 2 rings (SSSR count). The van der Waals surface area contributed by atoms with Gasteiger partial charge in [-0.25, -0.2) is 4.79 Å². The summed E-state index contributed by atoms with van der Waals surface area (Å²) in [6.45, 7) is 7.93. The molecule has 1 heterocycles. The fraction of sp³-hybridized carbons (Fsp3) is 0.526. The normalized spacial score (nSPS) is 20.1. The van der Waals surface area contributed by atoms with Crippen molar-refractivity contribution in [1.82, 2.24) is 10.4 Å². The SMILES string of the molecule is CC(=O)N1CCC(C(=O)ONC(=O)Cc2ccc(C)cc2C)CC1C. The summed E-state index contributed by atoms with van der Waals surface area (Å²) in [6, 6.07) is 5.87. The van der Waals surface area contributed by atoms with E-state index in [0.29, 0.717) is 19.4 Å². The number of likely N-dealkylation sites (tertiary alicyclic amines) is 1. The van der Waals surface area contributed by atoms with Crippen LogP contribution in [0, 0.1) is 19.8 Å². The number of hydrogen-bond donors (Lipinski definition) is 1. The van der Waals surface area contributed by atoms with Gasteiger partial charge in [-0.15, -0.1) is 0 Å². The molecule has 1 aliphatic heterocycles. The Morgan fingerprint density at radius 1 is 1.28 bits per heavy atom. The van der Waals surface area contributed by atoms with Crippen LogP contribution in [-0.2, 0) is 25.6 Å². The molecule has 1 aliphatic rings.